The Bertz CT molecular complexity index is 1110. The SMILES string of the molecule is CCCCC/C=C\C/C=C\C/C=C\CCCCCCCCC(=O)OC[C@@H](COC(=O)CCCCCCCCCCCC)OC(=O)CCCCCCC/C=C\CCCCCCCCC. The van der Waals surface area contributed by atoms with E-state index in [0.29, 0.717) is 19.3 Å². The molecule has 63 heavy (non-hydrogen) atoms. The predicted molar refractivity (Wildman–Crippen MR) is 270 cm³/mol. The van der Waals surface area contributed by atoms with E-state index in [1.165, 1.54) is 148 Å². The quantitative estimate of drug-likeness (QED) is 0.0262. The van der Waals surface area contributed by atoms with Crippen molar-refractivity contribution in [2.24, 2.45) is 0 Å². The third-order valence-electron chi connectivity index (χ3n) is 11.8. The monoisotopic (exact) mass is 883 g/mol. The molecule has 0 aromatic heterocycles. The summed E-state index contributed by atoms with van der Waals surface area (Å²) < 4.78 is 16.8. The molecule has 6 nitrogen and oxygen atoms in total. The van der Waals surface area contributed by atoms with E-state index in [0.717, 1.165) is 89.9 Å². The molecule has 0 aromatic carbocycles. The lowest BCUT2D eigenvalue weighted by Gasteiger charge is -2.18. The minimum absolute atomic E-state index is 0.0785. The Morgan fingerprint density at radius 1 is 0.317 bits per heavy atom. The van der Waals surface area contributed by atoms with Crippen molar-refractivity contribution in [2.75, 3.05) is 13.2 Å². The molecular weight excluding hydrogens is 781 g/mol. The second-order valence-electron chi connectivity index (χ2n) is 18.1. The van der Waals surface area contributed by atoms with Gasteiger partial charge in [-0.15, -0.1) is 0 Å². The highest BCUT2D eigenvalue weighted by Gasteiger charge is 2.19. The molecule has 0 radical (unpaired) electrons. The molecule has 0 amide bonds. The number of rotatable bonds is 49. The highest BCUT2D eigenvalue weighted by atomic mass is 16.6. The molecule has 0 bridgehead atoms. The number of carbonyl (C=O) groups excluding carboxylic acids is 3. The summed E-state index contributed by atoms with van der Waals surface area (Å²) in [7, 11) is 0. The molecule has 0 aliphatic heterocycles. The lowest BCUT2D eigenvalue weighted by molar-refractivity contribution is -0.167. The van der Waals surface area contributed by atoms with E-state index in [9.17, 15) is 14.4 Å². The summed E-state index contributed by atoms with van der Waals surface area (Å²) in [6.45, 7) is 6.60. The van der Waals surface area contributed by atoms with Gasteiger partial charge in [0, 0.05) is 19.3 Å². The van der Waals surface area contributed by atoms with Gasteiger partial charge in [-0.05, 0) is 83.5 Å². The van der Waals surface area contributed by atoms with Crippen LogP contribution in [-0.4, -0.2) is 37.2 Å². The summed E-state index contributed by atoms with van der Waals surface area (Å²) >= 11 is 0. The van der Waals surface area contributed by atoms with Crippen LogP contribution in [0.4, 0.5) is 0 Å². The Kier molecular flexibility index (Phi) is 49.8. The van der Waals surface area contributed by atoms with Gasteiger partial charge in [-0.1, -0.05) is 223 Å². The summed E-state index contributed by atoms with van der Waals surface area (Å²) in [6.07, 6.45) is 62.4. The Labute approximate surface area is 390 Å². The molecule has 0 aromatic rings. The number of hydrogen-bond donors (Lipinski definition) is 0. The van der Waals surface area contributed by atoms with E-state index in [1.54, 1.807) is 0 Å². The van der Waals surface area contributed by atoms with Gasteiger partial charge in [-0.2, -0.15) is 0 Å². The van der Waals surface area contributed by atoms with Gasteiger partial charge in [0.2, 0.25) is 0 Å². The Hall–Kier alpha value is -2.63. The average molecular weight is 883 g/mol. The van der Waals surface area contributed by atoms with E-state index >= 15 is 0 Å². The first-order chi connectivity index (χ1) is 31.0. The summed E-state index contributed by atoms with van der Waals surface area (Å²) in [5.74, 6) is -0.892. The molecule has 366 valence electrons. The van der Waals surface area contributed by atoms with Crippen LogP contribution in [0.25, 0.3) is 0 Å². The van der Waals surface area contributed by atoms with Gasteiger partial charge >= 0.3 is 17.9 Å². The van der Waals surface area contributed by atoms with Gasteiger partial charge in [0.25, 0.3) is 0 Å². The highest BCUT2D eigenvalue weighted by molar-refractivity contribution is 5.71. The number of ether oxygens (including phenoxy) is 3. The van der Waals surface area contributed by atoms with Crippen LogP contribution in [0.3, 0.4) is 0 Å². The number of allylic oxidation sites excluding steroid dienone is 8. The second-order valence-corrected chi connectivity index (χ2v) is 18.1. The minimum atomic E-state index is -0.779. The fraction of sp³-hybridized carbons (Fsp3) is 0.807. The summed E-state index contributed by atoms with van der Waals surface area (Å²) in [5.41, 5.74) is 0. The van der Waals surface area contributed by atoms with Crippen molar-refractivity contribution in [3.8, 4) is 0 Å². The van der Waals surface area contributed by atoms with Gasteiger partial charge in [0.15, 0.2) is 6.10 Å². The number of unbranched alkanes of at least 4 members (excludes halogenated alkanes) is 30. The van der Waals surface area contributed by atoms with Crippen LogP contribution in [-0.2, 0) is 28.6 Å². The van der Waals surface area contributed by atoms with Crippen molar-refractivity contribution in [1.29, 1.82) is 0 Å². The van der Waals surface area contributed by atoms with Crippen LogP contribution in [0, 0.1) is 0 Å². The van der Waals surface area contributed by atoms with Crippen LogP contribution in [0.5, 0.6) is 0 Å². The van der Waals surface area contributed by atoms with E-state index < -0.39 is 6.10 Å². The van der Waals surface area contributed by atoms with Crippen LogP contribution < -0.4 is 0 Å². The third-order valence-corrected chi connectivity index (χ3v) is 11.8. The van der Waals surface area contributed by atoms with Crippen molar-refractivity contribution >= 4 is 17.9 Å². The zero-order valence-corrected chi connectivity index (χ0v) is 41.8. The lowest BCUT2D eigenvalue weighted by Crippen LogP contribution is -2.30. The maximum Gasteiger partial charge on any atom is 0.306 e. The first-order valence-corrected chi connectivity index (χ1v) is 27.1. The van der Waals surface area contributed by atoms with Crippen molar-refractivity contribution < 1.29 is 28.6 Å². The van der Waals surface area contributed by atoms with Gasteiger partial charge in [0.1, 0.15) is 13.2 Å². The Morgan fingerprint density at radius 3 is 0.937 bits per heavy atom. The molecule has 0 saturated heterocycles. The fourth-order valence-electron chi connectivity index (χ4n) is 7.68. The summed E-state index contributed by atoms with van der Waals surface area (Å²) in [4.78, 5) is 38.0. The number of carbonyl (C=O) groups is 3. The van der Waals surface area contributed by atoms with Crippen LogP contribution in [0.15, 0.2) is 48.6 Å². The van der Waals surface area contributed by atoms with Crippen molar-refractivity contribution in [3.63, 3.8) is 0 Å². The maximum absolute atomic E-state index is 12.8. The van der Waals surface area contributed by atoms with E-state index in [1.807, 2.05) is 0 Å². The minimum Gasteiger partial charge on any atom is -0.462 e. The molecule has 0 N–H and O–H groups in total. The van der Waals surface area contributed by atoms with E-state index in [2.05, 4.69) is 69.4 Å². The molecule has 0 aliphatic rings. The molecule has 1 atom stereocenters. The van der Waals surface area contributed by atoms with Gasteiger partial charge in [-0.25, -0.2) is 0 Å². The molecule has 0 heterocycles. The van der Waals surface area contributed by atoms with Gasteiger partial charge in [0.05, 0.1) is 0 Å². The molecule has 0 saturated carbocycles. The Balaban J connectivity index is 4.35. The van der Waals surface area contributed by atoms with Crippen molar-refractivity contribution in [3.05, 3.63) is 48.6 Å². The fourth-order valence-corrected chi connectivity index (χ4v) is 7.68. The smallest absolute Gasteiger partial charge is 0.306 e. The summed E-state index contributed by atoms with van der Waals surface area (Å²) in [5, 5.41) is 0. The zero-order chi connectivity index (χ0) is 45.8. The summed E-state index contributed by atoms with van der Waals surface area (Å²) in [6, 6.07) is 0. The van der Waals surface area contributed by atoms with Gasteiger partial charge in [-0.3, -0.25) is 14.4 Å². The normalized spacial score (nSPS) is 12.4. The molecular formula is C57H102O6. The largest absolute Gasteiger partial charge is 0.462 e. The number of hydrogen-bond acceptors (Lipinski definition) is 6. The van der Waals surface area contributed by atoms with Gasteiger partial charge < -0.3 is 14.2 Å². The van der Waals surface area contributed by atoms with Crippen LogP contribution >= 0.6 is 0 Å². The second kappa shape index (κ2) is 52.0. The first-order valence-electron chi connectivity index (χ1n) is 27.1. The third kappa shape index (κ3) is 50.2. The van der Waals surface area contributed by atoms with Crippen molar-refractivity contribution in [1.82, 2.24) is 0 Å². The lowest BCUT2D eigenvalue weighted by atomic mass is 10.1. The van der Waals surface area contributed by atoms with E-state index in [4.69, 9.17) is 14.2 Å². The van der Waals surface area contributed by atoms with E-state index in [-0.39, 0.29) is 31.1 Å². The molecule has 0 fully saturated rings. The molecule has 0 unspecified atom stereocenters. The number of esters is 3. The van der Waals surface area contributed by atoms with Crippen LogP contribution in [0.2, 0.25) is 0 Å². The Morgan fingerprint density at radius 2 is 0.571 bits per heavy atom. The molecule has 0 rings (SSSR count). The molecule has 0 spiro atoms. The maximum atomic E-state index is 12.8. The highest BCUT2D eigenvalue weighted by Crippen LogP contribution is 2.15. The van der Waals surface area contributed by atoms with Crippen molar-refractivity contribution in [2.45, 2.75) is 284 Å². The molecule has 6 heteroatoms. The predicted octanol–water partition coefficient (Wildman–Crippen LogP) is 17.9. The average Bonchev–Trinajstić information content (AvgIpc) is 3.28. The zero-order valence-electron chi connectivity index (χ0n) is 41.8. The standard InChI is InChI=1S/C57H102O6/c1-4-7-10-13-16-19-22-24-26-28-29-30-32-33-35-38-41-44-47-50-56(59)62-53-54(52-61-55(58)49-46-43-40-37-21-18-15-12-9-6-3)63-57(60)51-48-45-42-39-36-34-31-27-25-23-20-17-14-11-8-5-2/h16,19,24,26-27,29-31,54H,4-15,17-18,20-23,25,28,32-53H2,1-3H3/b19-16-,26-24-,30-29-,31-27-/t54-/m1/s1. The van der Waals surface area contributed by atoms with Crippen LogP contribution in [0.1, 0.15) is 278 Å². The molecule has 0 aliphatic carbocycles. The topological polar surface area (TPSA) is 78.9 Å². The first kappa shape index (κ1) is 60.4.